The largest absolute Gasteiger partial charge is 0.513 e. The van der Waals surface area contributed by atoms with Gasteiger partial charge in [-0.25, -0.2) is 9.59 Å². The molecule has 1 aliphatic rings. The summed E-state index contributed by atoms with van der Waals surface area (Å²) in [7, 11) is 1.60. The molecular formula is C28H24N2O7. The van der Waals surface area contributed by atoms with Crippen LogP contribution in [0, 0.1) is 13.8 Å². The number of rotatable bonds is 5. The highest BCUT2D eigenvalue weighted by atomic mass is 16.7. The van der Waals surface area contributed by atoms with Gasteiger partial charge in [-0.15, -0.1) is 0 Å². The first-order valence-electron chi connectivity index (χ1n) is 11.5. The van der Waals surface area contributed by atoms with Crippen LogP contribution in [0.1, 0.15) is 50.6 Å². The zero-order valence-corrected chi connectivity index (χ0v) is 20.4. The van der Waals surface area contributed by atoms with Gasteiger partial charge in [0.25, 0.3) is 11.5 Å². The van der Waals surface area contributed by atoms with Crippen molar-refractivity contribution in [1.29, 1.82) is 0 Å². The monoisotopic (exact) mass is 500 g/mol. The molecule has 2 N–H and O–H groups in total. The zero-order chi connectivity index (χ0) is 26.3. The fourth-order valence-electron chi connectivity index (χ4n) is 4.73. The van der Waals surface area contributed by atoms with Crippen LogP contribution in [-0.2, 0) is 6.54 Å². The second-order valence-electron chi connectivity index (χ2n) is 8.91. The Labute approximate surface area is 211 Å². The molecular weight excluding hydrogens is 476 g/mol. The van der Waals surface area contributed by atoms with Crippen LogP contribution in [0.25, 0.3) is 12.2 Å². The number of carbonyl (C=O) groups is 1. The second kappa shape index (κ2) is 9.34. The van der Waals surface area contributed by atoms with Crippen molar-refractivity contribution >= 4 is 18.3 Å². The smallest absolute Gasteiger partial charge is 0.496 e. The Kier molecular flexibility index (Phi) is 6.04. The summed E-state index contributed by atoms with van der Waals surface area (Å²) in [6.07, 6.45) is 4.07. The lowest BCUT2D eigenvalue weighted by Crippen LogP contribution is -2.33. The van der Waals surface area contributed by atoms with Crippen molar-refractivity contribution in [3.8, 4) is 11.7 Å². The van der Waals surface area contributed by atoms with Crippen molar-refractivity contribution in [3.63, 3.8) is 0 Å². The minimum absolute atomic E-state index is 0.0403. The van der Waals surface area contributed by atoms with E-state index in [1.54, 1.807) is 7.11 Å². The lowest BCUT2D eigenvalue weighted by Gasteiger charge is -2.22. The van der Waals surface area contributed by atoms with E-state index < -0.39 is 23.3 Å². The molecule has 0 amide bonds. The van der Waals surface area contributed by atoms with Crippen LogP contribution >= 0.6 is 0 Å². The normalized spacial score (nSPS) is 14.0. The number of aromatic amines is 1. The summed E-state index contributed by atoms with van der Waals surface area (Å²) in [4.78, 5) is 39.2. The SMILES string of the molecule is COc1cc2c(cc1C)C=Cc1cc(C)ccc1C2c1cn(Cc2ccc(OC(=O)O)o2)c(=O)[nH]c1=O. The standard InChI is InChI=1S/C28H24N2O7/c1-15-4-8-20-17(10-15)5-6-18-11-16(2)23(35-3)12-21(18)25(20)22-14-30(27(32)29-26(22)31)13-19-7-9-24(36-19)37-28(33)34/h4-12,14,25H,13H2,1-3H3,(H,33,34)(H,29,31,32). The molecule has 2 aromatic carbocycles. The van der Waals surface area contributed by atoms with Crippen molar-refractivity contribution in [2.45, 2.75) is 26.3 Å². The molecule has 5 rings (SSSR count). The van der Waals surface area contributed by atoms with E-state index in [2.05, 4.69) is 15.8 Å². The highest BCUT2D eigenvalue weighted by Crippen LogP contribution is 2.40. The van der Waals surface area contributed by atoms with Gasteiger partial charge in [0.15, 0.2) is 0 Å². The van der Waals surface area contributed by atoms with Crippen LogP contribution in [-0.4, -0.2) is 27.9 Å². The predicted octanol–water partition coefficient (Wildman–Crippen LogP) is 4.52. The third kappa shape index (κ3) is 4.58. The summed E-state index contributed by atoms with van der Waals surface area (Å²) < 4.78 is 16.8. The number of fused-ring (bicyclic) bond motifs is 2. The van der Waals surface area contributed by atoms with E-state index in [0.717, 1.165) is 33.4 Å². The number of H-pyrrole nitrogens is 1. The molecule has 0 saturated heterocycles. The van der Waals surface area contributed by atoms with E-state index in [9.17, 15) is 14.4 Å². The van der Waals surface area contributed by atoms with Crippen molar-refractivity contribution in [2.75, 3.05) is 7.11 Å². The molecule has 1 atom stereocenters. The number of methoxy groups -OCH3 is 1. The highest BCUT2D eigenvalue weighted by molar-refractivity contribution is 5.78. The van der Waals surface area contributed by atoms with Crippen molar-refractivity contribution in [1.82, 2.24) is 9.55 Å². The minimum atomic E-state index is -1.51. The lowest BCUT2D eigenvalue weighted by molar-refractivity contribution is 0.132. The van der Waals surface area contributed by atoms with Gasteiger partial charge < -0.3 is 19.0 Å². The molecule has 1 unspecified atom stereocenters. The molecule has 0 aliphatic heterocycles. The third-order valence-corrected chi connectivity index (χ3v) is 6.41. The summed E-state index contributed by atoms with van der Waals surface area (Å²) in [5.41, 5.74) is 4.98. The van der Waals surface area contributed by atoms with E-state index in [1.807, 2.05) is 50.3 Å². The van der Waals surface area contributed by atoms with E-state index in [4.69, 9.17) is 14.3 Å². The Morgan fingerprint density at radius 1 is 1.03 bits per heavy atom. The van der Waals surface area contributed by atoms with Crippen LogP contribution < -0.4 is 20.7 Å². The highest BCUT2D eigenvalue weighted by Gasteiger charge is 2.28. The van der Waals surface area contributed by atoms with Crippen LogP contribution in [0.15, 0.2) is 62.7 Å². The molecule has 37 heavy (non-hydrogen) atoms. The molecule has 9 nitrogen and oxygen atoms in total. The summed E-state index contributed by atoms with van der Waals surface area (Å²) in [5, 5.41) is 8.78. The number of carboxylic acid groups (broad SMARTS) is 1. The Balaban J connectivity index is 1.68. The second-order valence-corrected chi connectivity index (χ2v) is 8.91. The first-order valence-corrected chi connectivity index (χ1v) is 11.5. The predicted molar refractivity (Wildman–Crippen MR) is 137 cm³/mol. The summed E-state index contributed by atoms with van der Waals surface area (Å²) >= 11 is 0. The number of benzene rings is 2. The van der Waals surface area contributed by atoms with Crippen molar-refractivity contribution < 1.29 is 23.8 Å². The molecule has 0 bridgehead atoms. The van der Waals surface area contributed by atoms with E-state index in [0.29, 0.717) is 11.3 Å². The fraction of sp³-hybridized carbons (Fsp3) is 0.179. The number of aryl methyl sites for hydroxylation is 2. The first-order chi connectivity index (χ1) is 17.7. The maximum Gasteiger partial charge on any atom is 0.513 e. The van der Waals surface area contributed by atoms with Crippen LogP contribution in [0.2, 0.25) is 0 Å². The Morgan fingerprint density at radius 3 is 2.51 bits per heavy atom. The average molecular weight is 501 g/mol. The molecule has 1 aliphatic carbocycles. The zero-order valence-electron chi connectivity index (χ0n) is 20.4. The van der Waals surface area contributed by atoms with Gasteiger partial charge in [-0.1, -0.05) is 35.9 Å². The first kappa shape index (κ1) is 23.9. The number of ether oxygens (including phenoxy) is 2. The van der Waals surface area contributed by atoms with Gasteiger partial charge in [-0.2, -0.15) is 0 Å². The molecule has 2 aromatic heterocycles. The van der Waals surface area contributed by atoms with Gasteiger partial charge in [-0.3, -0.25) is 14.3 Å². The molecule has 4 aromatic rings. The Hall–Kier alpha value is -4.79. The lowest BCUT2D eigenvalue weighted by atomic mass is 9.82. The van der Waals surface area contributed by atoms with E-state index >= 15 is 0 Å². The van der Waals surface area contributed by atoms with E-state index in [-0.39, 0.29) is 18.3 Å². The van der Waals surface area contributed by atoms with Gasteiger partial charge in [0.1, 0.15) is 11.5 Å². The number of aromatic nitrogens is 2. The summed E-state index contributed by atoms with van der Waals surface area (Å²) in [6.45, 7) is 3.93. The van der Waals surface area contributed by atoms with Crippen molar-refractivity contribution in [3.05, 3.63) is 114 Å². The topological polar surface area (TPSA) is 124 Å². The average Bonchev–Trinajstić information content (AvgIpc) is 3.21. The minimum Gasteiger partial charge on any atom is -0.496 e. The molecule has 9 heteroatoms. The summed E-state index contributed by atoms with van der Waals surface area (Å²) in [5.74, 6) is 0.274. The number of nitrogens with one attached hydrogen (secondary N) is 1. The molecule has 188 valence electrons. The number of nitrogens with zero attached hydrogens (tertiary/aromatic N) is 1. The van der Waals surface area contributed by atoms with Crippen LogP contribution in [0.4, 0.5) is 4.79 Å². The fourth-order valence-corrected chi connectivity index (χ4v) is 4.73. The molecule has 0 radical (unpaired) electrons. The quantitative estimate of drug-likeness (QED) is 0.340. The molecule has 0 fully saturated rings. The third-order valence-electron chi connectivity index (χ3n) is 6.41. The van der Waals surface area contributed by atoms with Crippen LogP contribution in [0.5, 0.6) is 11.7 Å². The van der Waals surface area contributed by atoms with Gasteiger partial charge in [0, 0.05) is 23.7 Å². The number of hydrogen-bond acceptors (Lipinski definition) is 6. The maximum atomic E-state index is 13.3. The number of furan rings is 1. The molecule has 0 saturated carbocycles. The van der Waals surface area contributed by atoms with Gasteiger partial charge in [0.05, 0.1) is 13.7 Å². The van der Waals surface area contributed by atoms with E-state index in [1.165, 1.54) is 22.9 Å². The van der Waals surface area contributed by atoms with Crippen LogP contribution in [0.3, 0.4) is 0 Å². The maximum absolute atomic E-state index is 13.3. The van der Waals surface area contributed by atoms with Gasteiger partial charge >= 0.3 is 11.8 Å². The number of hydrogen-bond donors (Lipinski definition) is 2. The van der Waals surface area contributed by atoms with Crippen molar-refractivity contribution in [2.24, 2.45) is 0 Å². The van der Waals surface area contributed by atoms with Gasteiger partial charge in [0.2, 0.25) is 0 Å². The van der Waals surface area contributed by atoms with Gasteiger partial charge in [-0.05, 0) is 59.9 Å². The molecule has 2 heterocycles. The Morgan fingerprint density at radius 2 is 1.78 bits per heavy atom. The Bertz CT molecular complexity index is 1670. The molecule has 0 spiro atoms. The summed E-state index contributed by atoms with van der Waals surface area (Å²) in [6, 6.07) is 12.9.